The second-order valence-electron chi connectivity index (χ2n) is 3.98. The molecule has 0 aliphatic rings. The van der Waals surface area contributed by atoms with Crippen molar-refractivity contribution in [3.05, 3.63) is 47.1 Å². The van der Waals surface area contributed by atoms with Gasteiger partial charge in [0, 0.05) is 30.9 Å². The molecule has 19 heavy (non-hydrogen) atoms. The molecule has 2 aromatic heterocycles. The number of rotatable bonds is 5. The Hall–Kier alpha value is -0.950. The zero-order chi connectivity index (χ0) is 13.9. The highest BCUT2D eigenvalue weighted by molar-refractivity contribution is 7.91. The lowest BCUT2D eigenvalue weighted by Crippen LogP contribution is -2.25. The summed E-state index contributed by atoms with van der Waals surface area (Å²) in [6.45, 7) is 0.296. The lowest BCUT2D eigenvalue weighted by molar-refractivity contribution is 0.468. The summed E-state index contributed by atoms with van der Waals surface area (Å²) in [5.74, 6) is 0.326. The average Bonchev–Trinajstić information content (AvgIpc) is 2.89. The maximum absolute atomic E-state index is 12.3. The van der Waals surface area contributed by atoms with Crippen LogP contribution in [-0.2, 0) is 22.4 Å². The maximum atomic E-state index is 12.3. The fraction of sp³-hybridized carbons (Fsp3) is 0.250. The smallest absolute Gasteiger partial charge is 0.252 e. The van der Waals surface area contributed by atoms with Crippen molar-refractivity contribution in [1.82, 2.24) is 9.29 Å². The molecule has 0 saturated heterocycles. The second-order valence-corrected chi connectivity index (χ2v) is 7.68. The first kappa shape index (κ1) is 14.5. The largest absolute Gasteiger partial charge is 0.264 e. The summed E-state index contributed by atoms with van der Waals surface area (Å²) in [6, 6.07) is 6.96. The molecule has 0 unspecified atom stereocenters. The van der Waals surface area contributed by atoms with E-state index in [-0.39, 0.29) is 0 Å². The zero-order valence-electron chi connectivity index (χ0n) is 10.3. The molecule has 7 heteroatoms. The summed E-state index contributed by atoms with van der Waals surface area (Å²) in [7, 11) is -1.90. The Balaban J connectivity index is 2.19. The number of pyridine rings is 1. The van der Waals surface area contributed by atoms with Crippen LogP contribution >= 0.6 is 22.9 Å². The highest BCUT2D eigenvalue weighted by Gasteiger charge is 2.22. The van der Waals surface area contributed by atoms with Crippen molar-refractivity contribution in [3.63, 3.8) is 0 Å². The summed E-state index contributed by atoms with van der Waals surface area (Å²) in [5, 5.41) is 0. The summed E-state index contributed by atoms with van der Waals surface area (Å²) in [5.41, 5.74) is 0.850. The molecule has 2 heterocycles. The summed E-state index contributed by atoms with van der Waals surface area (Å²) in [4.78, 5) is 4.82. The van der Waals surface area contributed by atoms with Crippen molar-refractivity contribution >= 4 is 33.0 Å². The van der Waals surface area contributed by atoms with Crippen LogP contribution in [0, 0.1) is 0 Å². The first-order valence-electron chi connectivity index (χ1n) is 5.54. The summed E-state index contributed by atoms with van der Waals surface area (Å²) < 4.78 is 26.3. The van der Waals surface area contributed by atoms with Crippen LogP contribution < -0.4 is 0 Å². The fourth-order valence-electron chi connectivity index (χ4n) is 1.56. The van der Waals surface area contributed by atoms with Gasteiger partial charge in [0.1, 0.15) is 4.21 Å². The number of alkyl halides is 1. The van der Waals surface area contributed by atoms with Crippen LogP contribution in [-0.4, -0.2) is 24.8 Å². The topological polar surface area (TPSA) is 50.3 Å². The summed E-state index contributed by atoms with van der Waals surface area (Å²) in [6.07, 6.45) is 3.31. The Morgan fingerprint density at radius 1 is 1.37 bits per heavy atom. The average molecular weight is 317 g/mol. The van der Waals surface area contributed by atoms with E-state index in [1.165, 1.54) is 15.6 Å². The minimum Gasteiger partial charge on any atom is -0.264 e. The third kappa shape index (κ3) is 3.33. The molecular formula is C12H13ClN2O2S2. The molecule has 0 N–H and O–H groups in total. The van der Waals surface area contributed by atoms with Crippen LogP contribution in [0.5, 0.6) is 0 Å². The van der Waals surface area contributed by atoms with Gasteiger partial charge in [-0.2, -0.15) is 4.31 Å². The molecule has 0 saturated carbocycles. The van der Waals surface area contributed by atoms with Crippen LogP contribution in [0.1, 0.15) is 10.4 Å². The molecule has 0 atom stereocenters. The van der Waals surface area contributed by atoms with E-state index in [0.717, 1.165) is 10.4 Å². The van der Waals surface area contributed by atoms with Gasteiger partial charge in [-0.3, -0.25) is 4.98 Å². The number of hydrogen-bond donors (Lipinski definition) is 0. The van der Waals surface area contributed by atoms with Crippen LogP contribution in [0.4, 0.5) is 0 Å². The van der Waals surface area contributed by atoms with E-state index in [4.69, 9.17) is 11.6 Å². The third-order valence-electron chi connectivity index (χ3n) is 2.56. The lowest BCUT2D eigenvalue weighted by Gasteiger charge is -2.15. The standard InChI is InChI=1S/C12H13ClN2O2S2/c1-15(9-10-3-2-6-14-8-10)19(16,17)12-5-4-11(7-13)18-12/h2-6,8H,7,9H2,1H3. The molecule has 0 spiro atoms. The number of hydrogen-bond acceptors (Lipinski definition) is 4. The number of aromatic nitrogens is 1. The van der Waals surface area contributed by atoms with Gasteiger partial charge in [-0.1, -0.05) is 6.07 Å². The number of halogens is 1. The molecule has 4 nitrogen and oxygen atoms in total. The van der Waals surface area contributed by atoms with E-state index in [9.17, 15) is 8.42 Å². The Bertz CT molecular complexity index is 641. The normalized spacial score (nSPS) is 11.9. The molecule has 0 aliphatic carbocycles. The van der Waals surface area contributed by atoms with Crippen LogP contribution in [0.3, 0.4) is 0 Å². The number of nitrogens with zero attached hydrogens (tertiary/aromatic N) is 2. The quantitative estimate of drug-likeness (QED) is 0.797. The van der Waals surface area contributed by atoms with Crippen LogP contribution in [0.15, 0.2) is 40.9 Å². The number of sulfonamides is 1. The van der Waals surface area contributed by atoms with Gasteiger partial charge in [0.05, 0.1) is 5.88 Å². The van der Waals surface area contributed by atoms with Gasteiger partial charge in [0.25, 0.3) is 10.0 Å². The Morgan fingerprint density at radius 2 is 2.16 bits per heavy atom. The molecule has 0 fully saturated rings. The first-order chi connectivity index (χ1) is 9.04. The number of thiophene rings is 1. The van der Waals surface area contributed by atoms with E-state index in [2.05, 4.69) is 4.98 Å². The van der Waals surface area contributed by atoms with Gasteiger partial charge in [-0.05, 0) is 23.8 Å². The van der Waals surface area contributed by atoms with E-state index >= 15 is 0 Å². The zero-order valence-corrected chi connectivity index (χ0v) is 12.7. The Kier molecular flexibility index (Phi) is 4.57. The molecule has 2 rings (SSSR count). The fourth-order valence-corrected chi connectivity index (χ4v) is 4.38. The summed E-state index contributed by atoms with van der Waals surface area (Å²) >= 11 is 6.89. The molecule has 102 valence electrons. The van der Waals surface area contributed by atoms with Crippen molar-refractivity contribution in [1.29, 1.82) is 0 Å². The van der Waals surface area contributed by atoms with Crippen molar-refractivity contribution in [2.45, 2.75) is 16.6 Å². The second kappa shape index (κ2) is 6.00. The van der Waals surface area contributed by atoms with Gasteiger partial charge in [0.15, 0.2) is 0 Å². The predicted octanol–water partition coefficient (Wildman–Crippen LogP) is 2.70. The monoisotopic (exact) mass is 316 g/mol. The minimum absolute atomic E-state index is 0.296. The molecule has 0 aromatic carbocycles. The van der Waals surface area contributed by atoms with Gasteiger partial charge in [0.2, 0.25) is 0 Å². The highest BCUT2D eigenvalue weighted by atomic mass is 35.5. The first-order valence-corrected chi connectivity index (χ1v) is 8.33. The lowest BCUT2D eigenvalue weighted by atomic mass is 10.3. The predicted molar refractivity (Wildman–Crippen MR) is 76.8 cm³/mol. The molecule has 2 aromatic rings. The molecular weight excluding hydrogens is 304 g/mol. The Labute approximate surface area is 121 Å². The SMILES string of the molecule is CN(Cc1cccnc1)S(=O)(=O)c1ccc(CCl)s1. The maximum Gasteiger partial charge on any atom is 0.252 e. The minimum atomic E-state index is -3.46. The van der Waals surface area contributed by atoms with E-state index < -0.39 is 10.0 Å². The van der Waals surface area contributed by atoms with E-state index in [1.807, 2.05) is 6.07 Å². The Morgan fingerprint density at radius 3 is 2.74 bits per heavy atom. The van der Waals surface area contributed by atoms with Crippen LogP contribution in [0.2, 0.25) is 0 Å². The van der Waals surface area contributed by atoms with Crippen molar-refractivity contribution in [2.75, 3.05) is 7.05 Å². The molecule has 0 aliphatic heterocycles. The molecule has 0 amide bonds. The van der Waals surface area contributed by atoms with Gasteiger partial charge in [-0.25, -0.2) is 8.42 Å². The van der Waals surface area contributed by atoms with Gasteiger partial charge < -0.3 is 0 Å². The van der Waals surface area contributed by atoms with E-state index in [1.54, 1.807) is 37.6 Å². The van der Waals surface area contributed by atoms with Crippen molar-refractivity contribution in [2.24, 2.45) is 0 Å². The van der Waals surface area contributed by atoms with Gasteiger partial charge >= 0.3 is 0 Å². The van der Waals surface area contributed by atoms with Crippen molar-refractivity contribution < 1.29 is 8.42 Å². The molecule has 0 radical (unpaired) electrons. The van der Waals surface area contributed by atoms with Gasteiger partial charge in [-0.15, -0.1) is 22.9 Å². The molecule has 0 bridgehead atoms. The third-order valence-corrected chi connectivity index (χ3v) is 6.36. The van der Waals surface area contributed by atoms with E-state index in [0.29, 0.717) is 16.6 Å². The van der Waals surface area contributed by atoms with Crippen LogP contribution in [0.25, 0.3) is 0 Å². The highest BCUT2D eigenvalue weighted by Crippen LogP contribution is 2.26. The van der Waals surface area contributed by atoms with Crippen molar-refractivity contribution in [3.8, 4) is 0 Å².